The Labute approximate surface area is 219 Å². The van der Waals surface area contributed by atoms with Crippen molar-refractivity contribution in [1.29, 1.82) is 0 Å². The summed E-state index contributed by atoms with van der Waals surface area (Å²) in [5, 5.41) is 20.5. The molecule has 4 nitrogen and oxygen atoms in total. The van der Waals surface area contributed by atoms with Crippen LogP contribution < -0.4 is 4.74 Å². The van der Waals surface area contributed by atoms with E-state index in [0.29, 0.717) is 23.7 Å². The van der Waals surface area contributed by atoms with Crippen molar-refractivity contribution in [2.75, 3.05) is 5.75 Å². The van der Waals surface area contributed by atoms with E-state index in [0.717, 1.165) is 32.7 Å². The van der Waals surface area contributed by atoms with Crippen LogP contribution in [-0.2, 0) is 22.0 Å². The predicted octanol–water partition coefficient (Wildman–Crippen LogP) is 7.68. The van der Waals surface area contributed by atoms with Crippen LogP contribution in [0.15, 0.2) is 59.5 Å². The molecule has 5 heteroatoms. The van der Waals surface area contributed by atoms with Crippen molar-refractivity contribution in [2.45, 2.75) is 77.0 Å². The van der Waals surface area contributed by atoms with Crippen LogP contribution in [0.4, 0.5) is 0 Å². The fourth-order valence-electron chi connectivity index (χ4n) is 4.07. The monoisotopic (exact) mass is 506 g/mol. The van der Waals surface area contributed by atoms with Crippen LogP contribution in [0.5, 0.6) is 17.2 Å². The maximum atomic E-state index is 12.7. The number of hydrogen-bond donors (Lipinski definition) is 2. The minimum absolute atomic E-state index is 0.211. The highest BCUT2D eigenvalue weighted by Crippen LogP contribution is 2.40. The molecule has 3 rings (SSSR count). The summed E-state index contributed by atoms with van der Waals surface area (Å²) < 4.78 is 5.81. The van der Waals surface area contributed by atoms with Gasteiger partial charge in [-0.2, -0.15) is 0 Å². The number of carbonyl (C=O) groups is 1. The highest BCUT2D eigenvalue weighted by atomic mass is 32.2. The molecular formula is C31H38O4S. The summed E-state index contributed by atoms with van der Waals surface area (Å²) in [5.41, 5.74) is 4.53. The number of aryl methyl sites for hydroxylation is 1. The minimum atomic E-state index is -0.275. The summed E-state index contributed by atoms with van der Waals surface area (Å²) >= 11 is 1.55. The third-order valence-corrected chi connectivity index (χ3v) is 7.05. The van der Waals surface area contributed by atoms with E-state index in [1.807, 2.05) is 31.2 Å². The lowest BCUT2D eigenvalue weighted by atomic mass is 9.78. The summed E-state index contributed by atoms with van der Waals surface area (Å²) in [4.78, 5) is 13.6. The molecule has 0 aliphatic carbocycles. The van der Waals surface area contributed by atoms with E-state index in [-0.39, 0.29) is 29.0 Å². The van der Waals surface area contributed by atoms with E-state index in [1.165, 1.54) is 0 Å². The molecule has 0 saturated carbocycles. The molecule has 3 aromatic carbocycles. The molecule has 0 aliphatic heterocycles. The average Bonchev–Trinajstić information content (AvgIpc) is 2.76. The van der Waals surface area contributed by atoms with Gasteiger partial charge in [0.15, 0.2) is 0 Å². The zero-order chi connectivity index (χ0) is 26.7. The zero-order valence-corrected chi connectivity index (χ0v) is 23.3. The summed E-state index contributed by atoms with van der Waals surface area (Å²) in [6, 6.07) is 17.0. The van der Waals surface area contributed by atoms with Crippen LogP contribution in [-0.4, -0.2) is 21.9 Å². The zero-order valence-electron chi connectivity index (χ0n) is 22.4. The average molecular weight is 507 g/mol. The van der Waals surface area contributed by atoms with Gasteiger partial charge in [-0.05, 0) is 70.3 Å². The second-order valence-electron chi connectivity index (χ2n) is 11.4. The maximum absolute atomic E-state index is 12.7. The first kappa shape index (κ1) is 27.7. The number of esters is 1. The Morgan fingerprint density at radius 1 is 0.861 bits per heavy atom. The Kier molecular flexibility index (Phi) is 8.45. The van der Waals surface area contributed by atoms with E-state index < -0.39 is 0 Å². The largest absolute Gasteiger partial charge is 0.508 e. The SMILES string of the molecule is Cc1ccc(OC(=O)CCSc2ccc(O)cc2)c(Cc2cc(C(C)(C)C)c(O)c(C(C)(C)C)c2)c1. The molecule has 0 atom stereocenters. The minimum Gasteiger partial charge on any atom is -0.508 e. The number of benzene rings is 3. The number of carbonyl (C=O) groups excluding carboxylic acids is 1. The number of phenols is 2. The fraction of sp³-hybridized carbons (Fsp3) is 0.387. The molecule has 0 bridgehead atoms. The maximum Gasteiger partial charge on any atom is 0.312 e. The summed E-state index contributed by atoms with van der Waals surface area (Å²) in [7, 11) is 0. The first-order valence-electron chi connectivity index (χ1n) is 12.3. The standard InChI is InChI=1S/C31H38O4S/c1-20-8-13-27(35-28(33)14-15-36-24-11-9-23(32)10-12-24)22(16-20)17-21-18-25(30(2,3)4)29(34)26(19-21)31(5,6)7/h8-13,16,18-19,32,34H,14-15,17H2,1-7H3. The molecule has 0 saturated heterocycles. The van der Waals surface area contributed by atoms with Crippen LogP contribution >= 0.6 is 11.8 Å². The van der Waals surface area contributed by atoms with Gasteiger partial charge in [0.25, 0.3) is 0 Å². The lowest BCUT2D eigenvalue weighted by molar-refractivity contribution is -0.133. The third kappa shape index (κ3) is 7.30. The summed E-state index contributed by atoms with van der Waals surface area (Å²) in [6.07, 6.45) is 0.874. The molecule has 36 heavy (non-hydrogen) atoms. The first-order chi connectivity index (χ1) is 16.7. The Morgan fingerprint density at radius 2 is 1.44 bits per heavy atom. The van der Waals surface area contributed by atoms with Gasteiger partial charge < -0.3 is 14.9 Å². The van der Waals surface area contributed by atoms with Gasteiger partial charge >= 0.3 is 5.97 Å². The van der Waals surface area contributed by atoms with E-state index >= 15 is 0 Å². The molecule has 0 spiro atoms. The van der Waals surface area contributed by atoms with Crippen LogP contribution in [0.2, 0.25) is 0 Å². The van der Waals surface area contributed by atoms with Gasteiger partial charge in [-0.1, -0.05) is 71.4 Å². The highest BCUT2D eigenvalue weighted by molar-refractivity contribution is 7.99. The van der Waals surface area contributed by atoms with Gasteiger partial charge in [0.2, 0.25) is 0 Å². The Bertz CT molecular complexity index is 1180. The van der Waals surface area contributed by atoms with Gasteiger partial charge in [-0.25, -0.2) is 0 Å². The molecule has 0 aromatic heterocycles. The predicted molar refractivity (Wildman–Crippen MR) is 149 cm³/mol. The normalized spacial score (nSPS) is 12.0. The summed E-state index contributed by atoms with van der Waals surface area (Å²) in [6.45, 7) is 14.7. The smallest absolute Gasteiger partial charge is 0.312 e. The van der Waals surface area contributed by atoms with E-state index in [1.54, 1.807) is 23.9 Å². The quantitative estimate of drug-likeness (QED) is 0.195. The third-order valence-electron chi connectivity index (χ3n) is 6.03. The van der Waals surface area contributed by atoms with Crippen LogP contribution in [0, 0.1) is 6.92 Å². The Balaban J connectivity index is 1.81. The number of ether oxygens (including phenoxy) is 1. The van der Waals surface area contributed by atoms with Crippen molar-refractivity contribution in [1.82, 2.24) is 0 Å². The van der Waals surface area contributed by atoms with Crippen molar-refractivity contribution < 1.29 is 19.7 Å². The second kappa shape index (κ2) is 11.0. The second-order valence-corrected chi connectivity index (χ2v) is 12.6. The van der Waals surface area contributed by atoms with Crippen LogP contribution in [0.1, 0.15) is 75.8 Å². The van der Waals surface area contributed by atoms with E-state index in [9.17, 15) is 15.0 Å². The molecule has 0 aliphatic rings. The van der Waals surface area contributed by atoms with Crippen LogP contribution in [0.25, 0.3) is 0 Å². The van der Waals surface area contributed by atoms with Crippen molar-refractivity contribution in [3.05, 3.63) is 82.4 Å². The molecule has 192 valence electrons. The van der Waals surface area contributed by atoms with Gasteiger partial charge in [-0.3, -0.25) is 4.79 Å². The van der Waals surface area contributed by atoms with Gasteiger partial charge in [0.1, 0.15) is 17.2 Å². The number of rotatable bonds is 7. The number of hydrogen-bond acceptors (Lipinski definition) is 5. The number of thioether (sulfide) groups is 1. The lowest BCUT2D eigenvalue weighted by Crippen LogP contribution is -2.18. The molecule has 0 heterocycles. The van der Waals surface area contributed by atoms with Gasteiger partial charge in [0, 0.05) is 17.1 Å². The molecule has 0 unspecified atom stereocenters. The lowest BCUT2D eigenvalue weighted by Gasteiger charge is -2.28. The molecule has 0 fully saturated rings. The molecule has 2 N–H and O–H groups in total. The molecular weight excluding hydrogens is 468 g/mol. The Morgan fingerprint density at radius 3 is 2.00 bits per heavy atom. The Hall–Kier alpha value is -2.92. The van der Waals surface area contributed by atoms with Crippen molar-refractivity contribution in [3.63, 3.8) is 0 Å². The van der Waals surface area contributed by atoms with Crippen molar-refractivity contribution in [3.8, 4) is 17.2 Å². The van der Waals surface area contributed by atoms with Crippen molar-refractivity contribution in [2.24, 2.45) is 0 Å². The van der Waals surface area contributed by atoms with Gasteiger partial charge in [0.05, 0.1) is 6.42 Å². The first-order valence-corrected chi connectivity index (χ1v) is 13.3. The van der Waals surface area contributed by atoms with Gasteiger partial charge in [-0.15, -0.1) is 11.8 Å². The number of phenolic OH excluding ortho intramolecular Hbond substituents is 2. The van der Waals surface area contributed by atoms with Crippen LogP contribution in [0.3, 0.4) is 0 Å². The topological polar surface area (TPSA) is 66.8 Å². The summed E-state index contributed by atoms with van der Waals surface area (Å²) in [5.74, 6) is 1.47. The highest BCUT2D eigenvalue weighted by Gasteiger charge is 2.26. The van der Waals surface area contributed by atoms with E-state index in [4.69, 9.17) is 4.74 Å². The molecule has 0 radical (unpaired) electrons. The fourth-order valence-corrected chi connectivity index (χ4v) is 4.91. The van der Waals surface area contributed by atoms with Crippen molar-refractivity contribution >= 4 is 17.7 Å². The number of aromatic hydroxyl groups is 2. The molecule has 3 aromatic rings. The van der Waals surface area contributed by atoms with E-state index in [2.05, 4.69) is 59.7 Å². The molecule has 0 amide bonds.